The number of amides is 1. The van der Waals surface area contributed by atoms with E-state index in [0.29, 0.717) is 24.2 Å². The largest absolute Gasteiger partial charge is 0.331 e. The molecule has 5 heteroatoms. The third-order valence-electron chi connectivity index (χ3n) is 3.10. The van der Waals surface area contributed by atoms with Gasteiger partial charge in [0.1, 0.15) is 0 Å². The molecule has 0 atom stereocenters. The van der Waals surface area contributed by atoms with Crippen LogP contribution in [0, 0.1) is 11.3 Å². The number of hydrogen-bond donors (Lipinski definition) is 1. The Balaban J connectivity index is 2.23. The predicted octanol–water partition coefficient (Wildman–Crippen LogP) is 2.07. The first-order valence-electron chi connectivity index (χ1n) is 6.72. The molecule has 0 radical (unpaired) electrons. The minimum absolute atomic E-state index is 0.210. The predicted molar refractivity (Wildman–Crippen MR) is 83.2 cm³/mol. The van der Waals surface area contributed by atoms with Gasteiger partial charge in [0.15, 0.2) is 0 Å². The third kappa shape index (κ3) is 3.70. The Morgan fingerprint density at radius 2 is 2.18 bits per heavy atom. The smallest absolute Gasteiger partial charge is 0.255 e. The fourth-order valence-electron chi connectivity index (χ4n) is 2.06. The van der Waals surface area contributed by atoms with Gasteiger partial charge in [0, 0.05) is 25.4 Å². The molecular weight excluding hydrogens is 278 g/mol. The number of benzene rings is 1. The number of H-pyrrole nitrogens is 1. The maximum absolute atomic E-state index is 12.5. The Hall–Kier alpha value is -3.13. The molecule has 0 spiro atoms. The summed E-state index contributed by atoms with van der Waals surface area (Å²) in [5.74, 6) is -0.210. The summed E-state index contributed by atoms with van der Waals surface area (Å²) in [6.07, 6.45) is 3.03. The molecule has 0 saturated carbocycles. The highest BCUT2D eigenvalue weighted by molar-refractivity contribution is 5.93. The highest BCUT2D eigenvalue weighted by Crippen LogP contribution is 2.11. The lowest BCUT2D eigenvalue weighted by molar-refractivity contribution is 0.0762. The fourth-order valence-corrected chi connectivity index (χ4v) is 2.06. The highest BCUT2D eigenvalue weighted by Gasteiger charge is 2.15. The Morgan fingerprint density at radius 3 is 2.82 bits per heavy atom. The summed E-state index contributed by atoms with van der Waals surface area (Å²) >= 11 is 0. The normalized spacial score (nSPS) is 9.77. The Kier molecular flexibility index (Phi) is 4.89. The molecule has 0 aliphatic rings. The number of carbonyl (C=O) groups excluding carboxylic acids is 1. The van der Waals surface area contributed by atoms with Gasteiger partial charge in [-0.15, -0.1) is 6.58 Å². The van der Waals surface area contributed by atoms with Gasteiger partial charge in [-0.2, -0.15) is 5.26 Å². The second-order valence-electron chi connectivity index (χ2n) is 4.73. The van der Waals surface area contributed by atoms with Crippen molar-refractivity contribution >= 4 is 5.91 Å². The molecule has 0 aliphatic carbocycles. The molecule has 2 rings (SSSR count). The molecule has 5 nitrogen and oxygen atoms in total. The lowest BCUT2D eigenvalue weighted by atomic mass is 10.1. The molecular formula is C17H15N3O2. The second kappa shape index (κ2) is 7.04. The van der Waals surface area contributed by atoms with Crippen molar-refractivity contribution in [1.29, 1.82) is 5.26 Å². The lowest BCUT2D eigenvalue weighted by Gasteiger charge is -2.21. The van der Waals surface area contributed by atoms with E-state index < -0.39 is 0 Å². The Bertz CT molecular complexity index is 766. The van der Waals surface area contributed by atoms with E-state index in [4.69, 9.17) is 5.26 Å². The summed E-state index contributed by atoms with van der Waals surface area (Å²) < 4.78 is 0. The minimum Gasteiger partial charge on any atom is -0.331 e. The Labute approximate surface area is 128 Å². The van der Waals surface area contributed by atoms with Crippen LogP contribution in [0.25, 0.3) is 0 Å². The van der Waals surface area contributed by atoms with Crippen LogP contribution in [0.4, 0.5) is 0 Å². The monoisotopic (exact) mass is 293 g/mol. The van der Waals surface area contributed by atoms with Crippen LogP contribution in [0.1, 0.15) is 21.5 Å². The maximum Gasteiger partial charge on any atom is 0.255 e. The standard InChI is InChI=1S/C17H15N3O2/c1-2-8-20(12-14-5-3-4-13(9-14)10-18)17(22)15-6-7-16(21)19-11-15/h2-7,9,11H,1,8,12H2,(H,19,21). The summed E-state index contributed by atoms with van der Waals surface area (Å²) in [7, 11) is 0. The van der Waals surface area contributed by atoms with Crippen LogP contribution in [-0.2, 0) is 6.54 Å². The van der Waals surface area contributed by atoms with Crippen molar-refractivity contribution in [3.63, 3.8) is 0 Å². The quantitative estimate of drug-likeness (QED) is 0.857. The van der Waals surface area contributed by atoms with Gasteiger partial charge >= 0.3 is 0 Å². The highest BCUT2D eigenvalue weighted by atomic mass is 16.2. The van der Waals surface area contributed by atoms with E-state index in [1.165, 1.54) is 18.3 Å². The number of rotatable bonds is 5. The molecule has 1 amide bonds. The summed E-state index contributed by atoms with van der Waals surface area (Å²) in [5.41, 5.74) is 1.55. The number of aromatic nitrogens is 1. The first-order valence-corrected chi connectivity index (χ1v) is 6.72. The molecule has 1 aromatic heterocycles. The average molecular weight is 293 g/mol. The molecule has 110 valence electrons. The molecule has 2 aromatic rings. The van der Waals surface area contributed by atoms with Gasteiger partial charge in [-0.3, -0.25) is 9.59 Å². The van der Waals surface area contributed by atoms with Crippen LogP contribution >= 0.6 is 0 Å². The summed E-state index contributed by atoms with van der Waals surface area (Å²) in [4.78, 5) is 27.7. The van der Waals surface area contributed by atoms with Gasteiger partial charge in [-0.05, 0) is 23.8 Å². The number of aromatic amines is 1. The molecule has 1 N–H and O–H groups in total. The van der Waals surface area contributed by atoms with Gasteiger partial charge in [-0.1, -0.05) is 18.2 Å². The molecule has 0 aliphatic heterocycles. The number of nitriles is 1. The topological polar surface area (TPSA) is 77.0 Å². The van der Waals surface area contributed by atoms with Gasteiger partial charge in [-0.25, -0.2) is 0 Å². The van der Waals surface area contributed by atoms with Crippen LogP contribution in [0.5, 0.6) is 0 Å². The third-order valence-corrected chi connectivity index (χ3v) is 3.10. The average Bonchev–Trinajstić information content (AvgIpc) is 2.55. The zero-order chi connectivity index (χ0) is 15.9. The van der Waals surface area contributed by atoms with Crippen LogP contribution in [0.3, 0.4) is 0 Å². The van der Waals surface area contributed by atoms with Crippen LogP contribution < -0.4 is 5.56 Å². The van der Waals surface area contributed by atoms with E-state index in [1.54, 1.807) is 29.2 Å². The summed E-state index contributed by atoms with van der Waals surface area (Å²) in [6.45, 7) is 4.39. The zero-order valence-corrected chi connectivity index (χ0v) is 12.0. The lowest BCUT2D eigenvalue weighted by Crippen LogP contribution is -2.31. The first-order chi connectivity index (χ1) is 10.6. The number of pyridine rings is 1. The SMILES string of the molecule is C=CCN(Cc1cccc(C#N)c1)C(=O)c1ccc(=O)[nH]c1. The molecule has 0 fully saturated rings. The van der Waals surface area contributed by atoms with E-state index in [9.17, 15) is 9.59 Å². The fraction of sp³-hybridized carbons (Fsp3) is 0.118. The van der Waals surface area contributed by atoms with Gasteiger partial charge < -0.3 is 9.88 Å². The van der Waals surface area contributed by atoms with Crippen molar-refractivity contribution in [2.24, 2.45) is 0 Å². The molecule has 0 unspecified atom stereocenters. The zero-order valence-electron chi connectivity index (χ0n) is 12.0. The van der Waals surface area contributed by atoms with Gasteiger partial charge in [0.2, 0.25) is 5.56 Å². The van der Waals surface area contributed by atoms with E-state index in [-0.39, 0.29) is 11.5 Å². The summed E-state index contributed by atoms with van der Waals surface area (Å²) in [6, 6.07) is 12.0. The Morgan fingerprint density at radius 1 is 1.36 bits per heavy atom. The van der Waals surface area contributed by atoms with Crippen LogP contribution in [0.15, 0.2) is 60.0 Å². The van der Waals surface area contributed by atoms with Crippen LogP contribution in [0.2, 0.25) is 0 Å². The number of nitrogens with zero attached hydrogens (tertiary/aromatic N) is 2. The van der Waals surface area contributed by atoms with E-state index >= 15 is 0 Å². The summed E-state index contributed by atoms with van der Waals surface area (Å²) in [5, 5.41) is 8.93. The van der Waals surface area contributed by atoms with Crippen molar-refractivity contribution in [3.8, 4) is 6.07 Å². The van der Waals surface area contributed by atoms with Gasteiger partial charge in [0.05, 0.1) is 17.2 Å². The van der Waals surface area contributed by atoms with Gasteiger partial charge in [0.25, 0.3) is 5.91 Å². The number of carbonyl (C=O) groups is 1. The number of nitrogens with one attached hydrogen (secondary N) is 1. The van der Waals surface area contributed by atoms with Crippen molar-refractivity contribution < 1.29 is 4.79 Å². The van der Waals surface area contributed by atoms with Crippen molar-refractivity contribution in [1.82, 2.24) is 9.88 Å². The maximum atomic E-state index is 12.5. The second-order valence-corrected chi connectivity index (χ2v) is 4.73. The van der Waals surface area contributed by atoms with E-state index in [1.807, 2.05) is 6.07 Å². The van der Waals surface area contributed by atoms with Crippen molar-refractivity contribution in [2.75, 3.05) is 6.54 Å². The van der Waals surface area contributed by atoms with E-state index in [0.717, 1.165) is 5.56 Å². The number of hydrogen-bond acceptors (Lipinski definition) is 3. The first kappa shape index (κ1) is 15.3. The molecule has 1 heterocycles. The van der Waals surface area contributed by atoms with Crippen molar-refractivity contribution in [2.45, 2.75) is 6.54 Å². The molecule has 22 heavy (non-hydrogen) atoms. The van der Waals surface area contributed by atoms with Crippen molar-refractivity contribution in [3.05, 3.63) is 82.3 Å². The van der Waals surface area contributed by atoms with E-state index in [2.05, 4.69) is 17.6 Å². The minimum atomic E-state index is -0.256. The molecule has 1 aromatic carbocycles. The molecule has 0 bridgehead atoms. The molecule has 0 saturated heterocycles. The van der Waals surface area contributed by atoms with Crippen LogP contribution in [-0.4, -0.2) is 22.3 Å².